The van der Waals surface area contributed by atoms with Gasteiger partial charge in [0.05, 0.1) is 17.0 Å². The Balaban J connectivity index is 1.58. The zero-order valence-corrected chi connectivity index (χ0v) is 15.3. The van der Waals surface area contributed by atoms with Crippen LogP contribution < -0.4 is 4.74 Å². The number of nitro benzene ring substituents is 1. The first kappa shape index (κ1) is 18.2. The summed E-state index contributed by atoms with van der Waals surface area (Å²) in [6.07, 6.45) is 5.32. The number of non-ortho nitro benzene ring substituents is 1. The second-order valence-corrected chi connectivity index (χ2v) is 7.37. The van der Waals surface area contributed by atoms with Gasteiger partial charge in [0.25, 0.3) is 11.6 Å². The highest BCUT2D eigenvalue weighted by atomic mass is 19.1. The van der Waals surface area contributed by atoms with Crippen molar-refractivity contribution in [3.8, 4) is 5.75 Å². The van der Waals surface area contributed by atoms with Crippen LogP contribution in [-0.4, -0.2) is 33.9 Å². The van der Waals surface area contributed by atoms with E-state index in [1.807, 2.05) is 6.92 Å². The van der Waals surface area contributed by atoms with Crippen LogP contribution in [0.1, 0.15) is 35.7 Å². The van der Waals surface area contributed by atoms with E-state index in [0.717, 1.165) is 12.8 Å². The van der Waals surface area contributed by atoms with Gasteiger partial charge in [-0.25, -0.2) is 4.39 Å². The maximum atomic E-state index is 14.1. The molecule has 4 rings (SSSR count). The topological polar surface area (TPSA) is 72.7 Å². The molecule has 2 aliphatic rings. The second-order valence-electron chi connectivity index (χ2n) is 7.37. The van der Waals surface area contributed by atoms with E-state index in [2.05, 4.69) is 0 Å². The molecule has 6 nitrogen and oxygen atoms in total. The fourth-order valence-electron chi connectivity index (χ4n) is 3.39. The second kappa shape index (κ2) is 6.74. The molecule has 144 valence electrons. The molecule has 1 unspecified atom stereocenters. The molecule has 1 saturated carbocycles. The largest absolute Gasteiger partial charge is 0.481 e. The Labute approximate surface area is 161 Å². The summed E-state index contributed by atoms with van der Waals surface area (Å²) in [4.78, 5) is 25.1. The number of benzene rings is 2. The molecule has 28 heavy (non-hydrogen) atoms. The molecule has 0 saturated heterocycles. The standard InChI is InChI=1S/C21H19FN2O4/c1-21(11-10-14-12-16(24(26)27)8-9-19(14)28-21)13-23(15-6-7-15)20(25)17-4-2-3-5-18(17)22/h2-5,8-12,15H,6-7,13H2,1H3. The molecule has 0 aromatic heterocycles. The highest BCUT2D eigenvalue weighted by Gasteiger charge is 2.40. The smallest absolute Gasteiger partial charge is 0.270 e. The maximum absolute atomic E-state index is 14.1. The molecule has 1 atom stereocenters. The Hall–Kier alpha value is -3.22. The molecule has 1 aliphatic heterocycles. The van der Waals surface area contributed by atoms with Crippen LogP contribution in [-0.2, 0) is 0 Å². The molecule has 0 spiro atoms. The molecule has 1 heterocycles. The molecule has 1 aliphatic carbocycles. The number of carbonyl (C=O) groups is 1. The lowest BCUT2D eigenvalue weighted by molar-refractivity contribution is -0.384. The van der Waals surface area contributed by atoms with Crippen molar-refractivity contribution in [3.63, 3.8) is 0 Å². The van der Waals surface area contributed by atoms with Crippen molar-refractivity contribution in [2.75, 3.05) is 6.54 Å². The van der Waals surface area contributed by atoms with E-state index in [-0.39, 0.29) is 29.7 Å². The highest BCUT2D eigenvalue weighted by Crippen LogP contribution is 2.36. The van der Waals surface area contributed by atoms with Crippen molar-refractivity contribution in [1.29, 1.82) is 0 Å². The van der Waals surface area contributed by atoms with Gasteiger partial charge in [-0.15, -0.1) is 0 Å². The third-order valence-corrected chi connectivity index (χ3v) is 5.00. The average Bonchev–Trinajstić information content (AvgIpc) is 3.50. The number of hydrogen-bond donors (Lipinski definition) is 0. The van der Waals surface area contributed by atoms with Crippen molar-refractivity contribution in [1.82, 2.24) is 4.90 Å². The molecule has 2 aromatic carbocycles. The van der Waals surface area contributed by atoms with E-state index in [0.29, 0.717) is 11.3 Å². The van der Waals surface area contributed by atoms with Crippen molar-refractivity contribution in [3.05, 3.63) is 75.6 Å². The van der Waals surface area contributed by atoms with Crippen LogP contribution >= 0.6 is 0 Å². The number of hydrogen-bond acceptors (Lipinski definition) is 4. The number of nitro groups is 1. The van der Waals surface area contributed by atoms with Gasteiger partial charge in [0.15, 0.2) is 0 Å². The number of amides is 1. The van der Waals surface area contributed by atoms with Crippen molar-refractivity contribution >= 4 is 17.7 Å². The van der Waals surface area contributed by atoms with E-state index in [4.69, 9.17) is 4.74 Å². The minimum Gasteiger partial charge on any atom is -0.481 e. The Morgan fingerprint density at radius 3 is 2.75 bits per heavy atom. The number of rotatable bonds is 5. The summed E-state index contributed by atoms with van der Waals surface area (Å²) in [5.74, 6) is -0.376. The van der Waals surface area contributed by atoms with Crippen LogP contribution in [0.25, 0.3) is 6.08 Å². The van der Waals surface area contributed by atoms with E-state index in [1.54, 1.807) is 35.3 Å². The number of halogens is 1. The fourth-order valence-corrected chi connectivity index (χ4v) is 3.39. The van der Waals surface area contributed by atoms with E-state index >= 15 is 0 Å². The molecule has 2 aromatic rings. The van der Waals surface area contributed by atoms with Crippen LogP contribution in [0.2, 0.25) is 0 Å². The predicted octanol–water partition coefficient (Wildman–Crippen LogP) is 4.20. The fraction of sp³-hybridized carbons (Fsp3) is 0.286. The lowest BCUT2D eigenvalue weighted by Gasteiger charge is -2.36. The molecule has 7 heteroatoms. The van der Waals surface area contributed by atoms with Crippen LogP contribution in [0.4, 0.5) is 10.1 Å². The minimum absolute atomic E-state index is 0.00931. The van der Waals surface area contributed by atoms with Crippen LogP contribution in [0.15, 0.2) is 48.5 Å². The third kappa shape index (κ3) is 3.47. The lowest BCUT2D eigenvalue weighted by Crippen LogP contribution is -2.48. The van der Waals surface area contributed by atoms with Crippen molar-refractivity contribution < 1.29 is 18.8 Å². The molecular formula is C21H19FN2O4. The first-order chi connectivity index (χ1) is 13.4. The van der Waals surface area contributed by atoms with Gasteiger partial charge in [0.1, 0.15) is 17.2 Å². The molecule has 0 bridgehead atoms. The summed E-state index contributed by atoms with van der Waals surface area (Å²) in [7, 11) is 0. The first-order valence-electron chi connectivity index (χ1n) is 9.08. The van der Waals surface area contributed by atoms with E-state index in [9.17, 15) is 19.3 Å². The number of nitrogens with zero attached hydrogens (tertiary/aromatic N) is 2. The number of ether oxygens (including phenoxy) is 1. The normalized spacial score (nSPS) is 20.2. The Bertz CT molecular complexity index is 986. The molecular weight excluding hydrogens is 363 g/mol. The zero-order valence-electron chi connectivity index (χ0n) is 15.3. The quantitative estimate of drug-likeness (QED) is 0.574. The SMILES string of the molecule is CC1(CN(C(=O)c2ccccc2F)C2CC2)C=Cc2cc([N+](=O)[O-])ccc2O1. The van der Waals surface area contributed by atoms with E-state index in [1.165, 1.54) is 24.3 Å². The molecule has 1 fully saturated rings. The summed E-state index contributed by atoms with van der Waals surface area (Å²) in [5.41, 5.74) is -0.157. The van der Waals surface area contributed by atoms with E-state index < -0.39 is 16.3 Å². The van der Waals surface area contributed by atoms with Gasteiger partial charge < -0.3 is 9.64 Å². The summed E-state index contributed by atoms with van der Waals surface area (Å²) >= 11 is 0. The third-order valence-electron chi connectivity index (χ3n) is 5.00. The highest BCUT2D eigenvalue weighted by molar-refractivity contribution is 5.95. The summed E-state index contributed by atoms with van der Waals surface area (Å²) < 4.78 is 20.2. The summed E-state index contributed by atoms with van der Waals surface area (Å²) in [5, 5.41) is 10.9. The molecule has 0 N–H and O–H groups in total. The van der Waals surface area contributed by atoms with Crippen LogP contribution in [0, 0.1) is 15.9 Å². The van der Waals surface area contributed by atoms with Gasteiger partial charge in [-0.05, 0) is 44.0 Å². The zero-order chi connectivity index (χ0) is 19.9. The van der Waals surface area contributed by atoms with Crippen molar-refractivity contribution in [2.24, 2.45) is 0 Å². The maximum Gasteiger partial charge on any atom is 0.270 e. The Morgan fingerprint density at radius 2 is 2.07 bits per heavy atom. The predicted molar refractivity (Wildman–Crippen MR) is 102 cm³/mol. The van der Waals surface area contributed by atoms with Crippen LogP contribution in [0.3, 0.4) is 0 Å². The number of carbonyl (C=O) groups excluding carboxylic acids is 1. The van der Waals surface area contributed by atoms with Gasteiger partial charge in [-0.2, -0.15) is 0 Å². The summed E-state index contributed by atoms with van der Waals surface area (Å²) in [6.45, 7) is 2.11. The Morgan fingerprint density at radius 1 is 1.32 bits per heavy atom. The van der Waals surface area contributed by atoms with Gasteiger partial charge in [-0.3, -0.25) is 14.9 Å². The van der Waals surface area contributed by atoms with Gasteiger partial charge >= 0.3 is 0 Å². The van der Waals surface area contributed by atoms with Crippen molar-refractivity contribution in [2.45, 2.75) is 31.4 Å². The van der Waals surface area contributed by atoms with Crippen LogP contribution in [0.5, 0.6) is 5.75 Å². The first-order valence-corrected chi connectivity index (χ1v) is 9.08. The van der Waals surface area contributed by atoms with Gasteiger partial charge in [0.2, 0.25) is 0 Å². The number of fused-ring (bicyclic) bond motifs is 1. The van der Waals surface area contributed by atoms with Gasteiger partial charge in [0, 0.05) is 23.7 Å². The monoisotopic (exact) mass is 382 g/mol. The average molecular weight is 382 g/mol. The molecule has 1 amide bonds. The Kier molecular flexibility index (Phi) is 4.37. The summed E-state index contributed by atoms with van der Waals surface area (Å²) in [6, 6.07) is 10.4. The molecule has 0 radical (unpaired) electrons. The van der Waals surface area contributed by atoms with Gasteiger partial charge in [-0.1, -0.05) is 18.2 Å². The minimum atomic E-state index is -0.813. The lowest BCUT2D eigenvalue weighted by atomic mass is 9.98.